The van der Waals surface area contributed by atoms with E-state index in [4.69, 9.17) is 0 Å². The molecule has 0 radical (unpaired) electrons. The maximum atomic E-state index is 2.60. The smallest absolute Gasteiger partial charge is 0.320 e. The predicted molar refractivity (Wildman–Crippen MR) is 152 cm³/mol. The number of hydrogen-bond donors (Lipinski definition) is 0. The lowest BCUT2D eigenvalue weighted by Gasteiger charge is -2.32. The van der Waals surface area contributed by atoms with E-state index in [2.05, 4.69) is 146 Å². The fourth-order valence-electron chi connectivity index (χ4n) is 6.01. The van der Waals surface area contributed by atoms with Crippen LogP contribution in [-0.2, 0) is 7.05 Å². The normalized spacial score (nSPS) is 14.1. The first kappa shape index (κ1) is 22.7. The number of para-hydroxylation sites is 4. The molecule has 0 saturated carbocycles. The molecule has 3 aromatic carbocycles. The topological polar surface area (TPSA) is 13.6 Å². The van der Waals surface area contributed by atoms with Gasteiger partial charge in [0.15, 0.2) is 0 Å². The number of hydrogen-bond acceptors (Lipinski definition) is 3. The van der Waals surface area contributed by atoms with Gasteiger partial charge in [-0.25, -0.2) is 9.38 Å². The van der Waals surface area contributed by atoms with E-state index in [1.54, 1.807) is 0 Å². The second-order valence-corrected chi connectivity index (χ2v) is 10.7. The number of anilines is 6. The highest BCUT2D eigenvalue weighted by Gasteiger charge is 2.61. The van der Waals surface area contributed by atoms with E-state index in [0.29, 0.717) is 11.8 Å². The lowest BCUT2D eigenvalue weighted by Crippen LogP contribution is -2.55. The highest BCUT2D eigenvalue weighted by Crippen LogP contribution is 2.57. The molecule has 36 heavy (non-hydrogen) atoms. The van der Waals surface area contributed by atoms with Gasteiger partial charge in [-0.2, -0.15) is 0 Å². The van der Waals surface area contributed by atoms with Crippen LogP contribution >= 0.6 is 0 Å². The minimum absolute atomic E-state index is 0.0375. The summed E-state index contributed by atoms with van der Waals surface area (Å²) in [6.07, 6.45) is 2.14. The number of nitrogens with zero attached hydrogens (tertiary/aromatic N) is 4. The Hall–Kier alpha value is -3.73. The predicted octanol–water partition coefficient (Wildman–Crippen LogP) is 7.49. The summed E-state index contributed by atoms with van der Waals surface area (Å²) in [5.41, 5.74) is 10.5. The largest absolute Gasteiger partial charge is 0.643 e. The minimum Gasteiger partial charge on any atom is -0.320 e. The van der Waals surface area contributed by atoms with E-state index in [0.717, 1.165) is 0 Å². The molecule has 1 aromatic heterocycles. The molecule has 6 rings (SSSR count). The van der Waals surface area contributed by atoms with Gasteiger partial charge in [0.25, 0.3) is 5.82 Å². The van der Waals surface area contributed by atoms with Gasteiger partial charge < -0.3 is 9.62 Å². The maximum Gasteiger partial charge on any atom is 0.643 e. The van der Waals surface area contributed by atoms with E-state index >= 15 is 0 Å². The Labute approximate surface area is 215 Å². The second-order valence-electron chi connectivity index (χ2n) is 10.7. The van der Waals surface area contributed by atoms with Crippen LogP contribution in [0.3, 0.4) is 0 Å². The zero-order valence-electron chi connectivity index (χ0n) is 22.1. The molecule has 0 spiro atoms. The molecule has 4 nitrogen and oxygen atoms in total. The molecule has 2 aliphatic rings. The van der Waals surface area contributed by atoms with Crippen LogP contribution in [0.4, 0.5) is 34.3 Å². The Bertz CT molecular complexity index is 1430. The van der Waals surface area contributed by atoms with Gasteiger partial charge >= 0.3 is 7.12 Å². The van der Waals surface area contributed by atoms with Gasteiger partial charge in [0.1, 0.15) is 5.69 Å². The fourth-order valence-corrected chi connectivity index (χ4v) is 6.01. The number of benzene rings is 3. The molecule has 0 atom stereocenters. The van der Waals surface area contributed by atoms with Crippen molar-refractivity contribution in [1.29, 1.82) is 0 Å². The van der Waals surface area contributed by atoms with Gasteiger partial charge in [-0.05, 0) is 59.7 Å². The average Bonchev–Trinajstić information content (AvgIpc) is 3.37. The summed E-state index contributed by atoms with van der Waals surface area (Å²) in [5.74, 6) is 1.99. The molecular weight excluding hydrogens is 439 g/mol. The fraction of sp³-hybridized carbons (Fsp3) is 0.258. The monoisotopic (exact) mass is 473 g/mol. The lowest BCUT2D eigenvalue weighted by molar-refractivity contribution is -0.658. The summed E-state index contributed by atoms with van der Waals surface area (Å²) < 4.78 is 2.23. The van der Waals surface area contributed by atoms with E-state index in [9.17, 15) is 0 Å². The van der Waals surface area contributed by atoms with Crippen molar-refractivity contribution < 1.29 is 4.57 Å². The average molecular weight is 473 g/mol. The molecular formula is C31H34BN4+. The standard InChI is InChI=1S/C31H34BN4/c1-21(2)24-14-12-15-25(22(3)4)31(24)35-27-17-8-7-16-26(27)34-28-18-11-13-23(5)30(28)36(32(34)35)29-19-9-10-20-33(29)6/h7-22H,1-6H3/q+1. The van der Waals surface area contributed by atoms with Crippen molar-refractivity contribution in [1.82, 2.24) is 0 Å². The Morgan fingerprint density at radius 3 is 1.83 bits per heavy atom. The van der Waals surface area contributed by atoms with E-state index < -0.39 is 0 Å². The van der Waals surface area contributed by atoms with Crippen LogP contribution < -0.4 is 19.0 Å². The number of aromatic nitrogens is 1. The summed E-state index contributed by atoms with van der Waals surface area (Å²) >= 11 is 0. The first-order chi connectivity index (χ1) is 17.4. The van der Waals surface area contributed by atoms with Crippen molar-refractivity contribution in [3.8, 4) is 0 Å². The molecule has 3 heterocycles. The number of pyridine rings is 1. The van der Waals surface area contributed by atoms with Crippen molar-refractivity contribution in [2.24, 2.45) is 7.05 Å². The van der Waals surface area contributed by atoms with E-state index in [-0.39, 0.29) is 7.12 Å². The van der Waals surface area contributed by atoms with Crippen LogP contribution in [-0.4, -0.2) is 7.12 Å². The number of rotatable bonds is 4. The maximum absolute atomic E-state index is 2.60. The molecule has 4 aromatic rings. The first-order valence-corrected chi connectivity index (χ1v) is 13.0. The third-order valence-electron chi connectivity index (χ3n) is 7.67. The van der Waals surface area contributed by atoms with Crippen molar-refractivity contribution >= 4 is 41.4 Å². The van der Waals surface area contributed by atoms with Crippen LogP contribution in [0.5, 0.6) is 0 Å². The van der Waals surface area contributed by atoms with Crippen LogP contribution in [0.15, 0.2) is 85.1 Å². The van der Waals surface area contributed by atoms with Crippen molar-refractivity contribution in [2.45, 2.75) is 46.5 Å². The van der Waals surface area contributed by atoms with Gasteiger partial charge in [-0.3, -0.25) is 0 Å². The third-order valence-corrected chi connectivity index (χ3v) is 7.67. The minimum atomic E-state index is -0.0375. The lowest BCUT2D eigenvalue weighted by atomic mass is 9.82. The zero-order chi connectivity index (χ0) is 25.1. The molecule has 0 amide bonds. The molecule has 0 unspecified atom stereocenters. The van der Waals surface area contributed by atoms with Crippen LogP contribution in [0.2, 0.25) is 0 Å². The highest BCUT2D eigenvalue weighted by molar-refractivity contribution is 6.80. The van der Waals surface area contributed by atoms with Crippen molar-refractivity contribution in [3.05, 3.63) is 102 Å². The Morgan fingerprint density at radius 1 is 0.611 bits per heavy atom. The SMILES string of the molecule is Cc1cccc2c1N(c1cccc[n+]1C)B1N2c2ccccc2N1c1c(C(C)C)cccc1C(C)C. The van der Waals surface area contributed by atoms with Crippen LogP contribution in [0.25, 0.3) is 0 Å². The Balaban J connectivity index is 1.70. The summed E-state index contributed by atoms with van der Waals surface area (Å²) in [4.78, 5) is 7.67. The van der Waals surface area contributed by atoms with Gasteiger partial charge in [-0.15, -0.1) is 0 Å². The molecule has 0 N–H and O–H groups in total. The highest BCUT2D eigenvalue weighted by atomic mass is 15.5. The van der Waals surface area contributed by atoms with Gasteiger partial charge in [0.2, 0.25) is 0 Å². The van der Waals surface area contributed by atoms with Gasteiger partial charge in [-0.1, -0.05) is 76.2 Å². The Kier molecular flexibility index (Phi) is 5.33. The van der Waals surface area contributed by atoms with Crippen molar-refractivity contribution in [3.63, 3.8) is 0 Å². The molecule has 0 bridgehead atoms. The first-order valence-electron chi connectivity index (χ1n) is 13.0. The van der Waals surface area contributed by atoms with Crippen LogP contribution in [0, 0.1) is 6.92 Å². The molecule has 0 aliphatic carbocycles. The van der Waals surface area contributed by atoms with E-state index in [1.807, 2.05) is 0 Å². The summed E-state index contributed by atoms with van der Waals surface area (Å²) in [5, 5.41) is 0. The quantitative estimate of drug-likeness (QED) is 0.225. The summed E-state index contributed by atoms with van der Waals surface area (Å²) in [7, 11) is 2.11. The Morgan fingerprint density at radius 2 is 1.19 bits per heavy atom. The second kappa shape index (κ2) is 8.44. The number of aryl methyl sites for hydroxylation is 2. The van der Waals surface area contributed by atoms with Crippen LogP contribution in [0.1, 0.15) is 56.2 Å². The molecule has 0 saturated heterocycles. The zero-order valence-corrected chi connectivity index (χ0v) is 22.1. The summed E-state index contributed by atoms with van der Waals surface area (Å²) in [6.45, 7) is 11.5. The molecule has 180 valence electrons. The van der Waals surface area contributed by atoms with E-state index in [1.165, 1.54) is 50.9 Å². The molecule has 5 heteroatoms. The third kappa shape index (κ3) is 3.18. The van der Waals surface area contributed by atoms with Gasteiger partial charge in [0, 0.05) is 11.8 Å². The molecule has 2 aliphatic heterocycles. The molecule has 0 fully saturated rings. The van der Waals surface area contributed by atoms with Gasteiger partial charge in [0.05, 0.1) is 30.3 Å². The summed E-state index contributed by atoms with van der Waals surface area (Å²) in [6, 6.07) is 28.9. The number of fused-ring (bicyclic) bond motifs is 5. The van der Waals surface area contributed by atoms with Crippen molar-refractivity contribution in [2.75, 3.05) is 14.4 Å².